The van der Waals surface area contributed by atoms with Gasteiger partial charge in [0.2, 0.25) is 0 Å². The molecule has 2 fully saturated rings. The number of nitrogens with zero attached hydrogens (tertiary/aromatic N) is 4. The Morgan fingerprint density at radius 1 is 1.21 bits per heavy atom. The number of hydrogen-bond acceptors (Lipinski definition) is 4. The van der Waals surface area contributed by atoms with Crippen molar-refractivity contribution in [2.24, 2.45) is 13.0 Å². The van der Waals surface area contributed by atoms with Crippen LogP contribution in [0.15, 0.2) is 0 Å². The lowest BCUT2D eigenvalue weighted by atomic mass is 10.2. The number of rotatable bonds is 4. The summed E-state index contributed by atoms with van der Waals surface area (Å²) in [5.41, 5.74) is 8.13. The predicted octanol–water partition coefficient (Wildman–Crippen LogP) is 1.10. The summed E-state index contributed by atoms with van der Waals surface area (Å²) in [6, 6.07) is 0. The molecule has 0 radical (unpaired) electrons. The van der Waals surface area contributed by atoms with Gasteiger partial charge >= 0.3 is 0 Å². The van der Waals surface area contributed by atoms with Gasteiger partial charge in [0.1, 0.15) is 5.82 Å². The molecule has 0 spiro atoms. The van der Waals surface area contributed by atoms with Gasteiger partial charge in [0.05, 0.1) is 11.4 Å². The summed E-state index contributed by atoms with van der Waals surface area (Å²) in [6.07, 6.45) is 3.78. The van der Waals surface area contributed by atoms with Crippen molar-refractivity contribution in [2.75, 3.05) is 43.4 Å². The molecule has 1 saturated carbocycles. The van der Waals surface area contributed by atoms with Crippen LogP contribution in [0.4, 0.5) is 11.5 Å². The molecule has 2 aliphatic rings. The minimum absolute atomic E-state index is 0.876. The Kier molecular flexibility index (Phi) is 3.39. The average Bonchev–Trinajstić information content (AvgIpc) is 3.17. The van der Waals surface area contributed by atoms with E-state index in [4.69, 9.17) is 5.73 Å². The Morgan fingerprint density at radius 2 is 1.89 bits per heavy atom. The molecule has 106 valence electrons. The van der Waals surface area contributed by atoms with Crippen LogP contribution in [0, 0.1) is 5.92 Å². The van der Waals surface area contributed by atoms with E-state index >= 15 is 0 Å². The summed E-state index contributed by atoms with van der Waals surface area (Å²) >= 11 is 0. The second-order valence-corrected chi connectivity index (χ2v) is 5.89. The summed E-state index contributed by atoms with van der Waals surface area (Å²) in [6.45, 7) is 7.86. The molecule has 3 rings (SSSR count). The number of anilines is 2. The van der Waals surface area contributed by atoms with E-state index in [1.165, 1.54) is 19.4 Å². The van der Waals surface area contributed by atoms with Gasteiger partial charge in [0, 0.05) is 39.8 Å². The second-order valence-electron chi connectivity index (χ2n) is 5.89. The molecule has 1 aromatic heterocycles. The highest BCUT2D eigenvalue weighted by atomic mass is 15.4. The highest BCUT2D eigenvalue weighted by molar-refractivity contribution is 5.66. The second kappa shape index (κ2) is 5.04. The maximum atomic E-state index is 6.23. The monoisotopic (exact) mass is 263 g/mol. The van der Waals surface area contributed by atoms with Crippen LogP contribution in [0.25, 0.3) is 0 Å². The van der Waals surface area contributed by atoms with Crippen molar-refractivity contribution in [3.05, 3.63) is 5.69 Å². The van der Waals surface area contributed by atoms with Crippen LogP contribution in [-0.2, 0) is 13.5 Å². The van der Waals surface area contributed by atoms with E-state index in [0.29, 0.717) is 0 Å². The molecule has 1 aromatic rings. The minimum atomic E-state index is 0.876. The van der Waals surface area contributed by atoms with Gasteiger partial charge in [0.15, 0.2) is 0 Å². The molecule has 2 N–H and O–H groups in total. The normalized spacial score (nSPS) is 21.1. The third-order valence-corrected chi connectivity index (χ3v) is 4.35. The van der Waals surface area contributed by atoms with Gasteiger partial charge in [-0.2, -0.15) is 5.10 Å². The third kappa shape index (κ3) is 2.56. The van der Waals surface area contributed by atoms with Gasteiger partial charge in [-0.15, -0.1) is 0 Å². The first-order valence-corrected chi connectivity index (χ1v) is 7.47. The first-order valence-electron chi connectivity index (χ1n) is 7.47. The molecule has 2 heterocycles. The summed E-state index contributed by atoms with van der Waals surface area (Å²) < 4.78 is 1.95. The highest BCUT2D eigenvalue weighted by Crippen LogP contribution is 2.31. The summed E-state index contributed by atoms with van der Waals surface area (Å²) in [4.78, 5) is 4.99. The van der Waals surface area contributed by atoms with Gasteiger partial charge < -0.3 is 10.6 Å². The van der Waals surface area contributed by atoms with Crippen LogP contribution in [-0.4, -0.2) is 47.4 Å². The van der Waals surface area contributed by atoms with Gasteiger partial charge in [-0.3, -0.25) is 9.58 Å². The van der Waals surface area contributed by atoms with Crippen molar-refractivity contribution >= 4 is 11.5 Å². The Morgan fingerprint density at radius 3 is 2.42 bits per heavy atom. The van der Waals surface area contributed by atoms with E-state index in [2.05, 4.69) is 21.8 Å². The van der Waals surface area contributed by atoms with E-state index in [1.54, 1.807) is 0 Å². The fourth-order valence-corrected chi connectivity index (χ4v) is 3.03. The number of nitrogens with two attached hydrogens (primary N) is 1. The fraction of sp³-hybridized carbons (Fsp3) is 0.786. The third-order valence-electron chi connectivity index (χ3n) is 4.35. The van der Waals surface area contributed by atoms with Crippen molar-refractivity contribution in [1.29, 1.82) is 0 Å². The van der Waals surface area contributed by atoms with Gasteiger partial charge in [-0.25, -0.2) is 0 Å². The quantitative estimate of drug-likeness (QED) is 0.884. The molecule has 1 aliphatic carbocycles. The molecule has 19 heavy (non-hydrogen) atoms. The smallest absolute Gasteiger partial charge is 0.150 e. The number of aromatic nitrogens is 2. The standard InChI is InChI=1S/C14H25N5/c1-3-12-13(15)14(17(2)16-12)19-8-6-18(7-9-19)10-11-4-5-11/h11H,3-10,15H2,1-2H3. The van der Waals surface area contributed by atoms with Crippen molar-refractivity contribution in [3.63, 3.8) is 0 Å². The van der Waals surface area contributed by atoms with Crippen LogP contribution in [0.5, 0.6) is 0 Å². The molecule has 1 saturated heterocycles. The molecule has 5 heteroatoms. The van der Waals surface area contributed by atoms with Gasteiger partial charge in [-0.1, -0.05) is 6.92 Å². The molecule has 0 aromatic carbocycles. The van der Waals surface area contributed by atoms with Crippen LogP contribution in [0.1, 0.15) is 25.5 Å². The molecule has 0 atom stereocenters. The Bertz CT molecular complexity index is 441. The van der Waals surface area contributed by atoms with E-state index < -0.39 is 0 Å². The van der Waals surface area contributed by atoms with Gasteiger partial charge in [-0.05, 0) is 25.2 Å². The summed E-state index contributed by atoms with van der Waals surface area (Å²) in [7, 11) is 2.00. The lowest BCUT2D eigenvalue weighted by Crippen LogP contribution is -2.47. The van der Waals surface area contributed by atoms with Crippen LogP contribution < -0.4 is 10.6 Å². The maximum Gasteiger partial charge on any atom is 0.150 e. The predicted molar refractivity (Wildman–Crippen MR) is 78.4 cm³/mol. The first kappa shape index (κ1) is 12.8. The zero-order chi connectivity index (χ0) is 13.4. The number of hydrogen-bond donors (Lipinski definition) is 1. The Hall–Kier alpha value is -1.23. The van der Waals surface area contributed by atoms with Crippen molar-refractivity contribution in [3.8, 4) is 0 Å². The van der Waals surface area contributed by atoms with Crippen molar-refractivity contribution < 1.29 is 0 Å². The topological polar surface area (TPSA) is 50.3 Å². The summed E-state index contributed by atoms with van der Waals surface area (Å²) in [5, 5.41) is 4.52. The van der Waals surface area contributed by atoms with Gasteiger partial charge in [0.25, 0.3) is 0 Å². The Balaban J connectivity index is 1.65. The molecule has 1 aliphatic heterocycles. The number of aryl methyl sites for hydroxylation is 2. The van der Waals surface area contributed by atoms with E-state index in [-0.39, 0.29) is 0 Å². The van der Waals surface area contributed by atoms with E-state index in [0.717, 1.165) is 55.7 Å². The van der Waals surface area contributed by atoms with Crippen LogP contribution >= 0.6 is 0 Å². The molecular weight excluding hydrogens is 238 g/mol. The lowest BCUT2D eigenvalue weighted by molar-refractivity contribution is 0.247. The zero-order valence-electron chi connectivity index (χ0n) is 12.1. The largest absolute Gasteiger partial charge is 0.394 e. The average molecular weight is 263 g/mol. The van der Waals surface area contributed by atoms with Crippen LogP contribution in [0.2, 0.25) is 0 Å². The van der Waals surface area contributed by atoms with E-state index in [9.17, 15) is 0 Å². The minimum Gasteiger partial charge on any atom is -0.394 e. The zero-order valence-corrected chi connectivity index (χ0v) is 12.1. The SMILES string of the molecule is CCc1nn(C)c(N2CCN(CC3CC3)CC2)c1N. The van der Waals surface area contributed by atoms with Crippen molar-refractivity contribution in [2.45, 2.75) is 26.2 Å². The van der Waals surface area contributed by atoms with E-state index in [1.807, 2.05) is 11.7 Å². The lowest BCUT2D eigenvalue weighted by Gasteiger charge is -2.36. The van der Waals surface area contributed by atoms with Crippen molar-refractivity contribution in [1.82, 2.24) is 14.7 Å². The first-order chi connectivity index (χ1) is 9.19. The number of nitrogen functional groups attached to an aromatic ring is 1. The molecule has 0 unspecified atom stereocenters. The molecular formula is C14H25N5. The molecule has 0 bridgehead atoms. The fourth-order valence-electron chi connectivity index (χ4n) is 3.03. The number of piperazine rings is 1. The molecule has 5 nitrogen and oxygen atoms in total. The van der Waals surface area contributed by atoms with Crippen LogP contribution in [0.3, 0.4) is 0 Å². The highest BCUT2D eigenvalue weighted by Gasteiger charge is 2.28. The maximum absolute atomic E-state index is 6.23. The Labute approximate surface area is 115 Å². The summed E-state index contributed by atoms with van der Waals surface area (Å²) in [5.74, 6) is 2.10. The molecule has 0 amide bonds.